The molecule has 1 atom stereocenters. The minimum Gasteiger partial charge on any atom is -0.472 e. The lowest BCUT2D eigenvalue weighted by molar-refractivity contribution is 0.230. The van der Waals surface area contributed by atoms with Crippen molar-refractivity contribution in [2.45, 2.75) is 46.1 Å². The highest BCUT2D eigenvalue weighted by molar-refractivity contribution is 5.07. The molecule has 1 aliphatic carbocycles. The number of hydrogen-bond acceptors (Lipinski definition) is 2. The highest BCUT2D eigenvalue weighted by Crippen LogP contribution is 2.30. The summed E-state index contributed by atoms with van der Waals surface area (Å²) >= 11 is 0. The fourth-order valence-electron chi connectivity index (χ4n) is 1.97. The Kier molecular flexibility index (Phi) is 3.38. The summed E-state index contributed by atoms with van der Waals surface area (Å²) in [6.07, 6.45) is 7.48. The van der Waals surface area contributed by atoms with E-state index in [1.165, 1.54) is 18.4 Å². The average Bonchev–Trinajstić information content (AvgIpc) is 2.87. The Hall–Kier alpha value is -0.760. The Morgan fingerprint density at radius 2 is 2.19 bits per heavy atom. The molecule has 0 aromatic carbocycles. The van der Waals surface area contributed by atoms with Crippen LogP contribution >= 0.6 is 0 Å². The van der Waals surface area contributed by atoms with E-state index in [1.807, 2.05) is 6.26 Å². The zero-order chi connectivity index (χ0) is 11.6. The van der Waals surface area contributed by atoms with Gasteiger partial charge >= 0.3 is 0 Å². The lowest BCUT2D eigenvalue weighted by Crippen LogP contribution is -2.34. The van der Waals surface area contributed by atoms with Crippen LogP contribution in [0.2, 0.25) is 0 Å². The van der Waals surface area contributed by atoms with Gasteiger partial charge in [-0.05, 0) is 48.8 Å². The molecular weight excluding hydrogens is 198 g/mol. The lowest BCUT2D eigenvalue weighted by Gasteiger charge is -2.31. The van der Waals surface area contributed by atoms with E-state index in [2.05, 4.69) is 32.2 Å². The van der Waals surface area contributed by atoms with Crippen LogP contribution in [0, 0.1) is 11.3 Å². The Balaban J connectivity index is 1.90. The third kappa shape index (κ3) is 3.38. The van der Waals surface area contributed by atoms with Crippen molar-refractivity contribution in [1.82, 2.24) is 5.32 Å². The minimum atomic E-state index is 0.346. The van der Waals surface area contributed by atoms with Gasteiger partial charge in [-0.1, -0.05) is 20.8 Å². The molecule has 2 rings (SSSR count). The third-order valence-electron chi connectivity index (χ3n) is 3.52. The third-order valence-corrected chi connectivity index (χ3v) is 3.52. The van der Waals surface area contributed by atoms with E-state index in [1.54, 1.807) is 6.26 Å². The first-order valence-corrected chi connectivity index (χ1v) is 6.30. The van der Waals surface area contributed by atoms with Crippen LogP contribution < -0.4 is 5.32 Å². The highest BCUT2D eigenvalue weighted by Gasteiger charge is 2.28. The molecule has 0 bridgehead atoms. The molecule has 0 saturated heterocycles. The largest absolute Gasteiger partial charge is 0.472 e. The van der Waals surface area contributed by atoms with Gasteiger partial charge in [-0.3, -0.25) is 0 Å². The number of rotatable bonds is 5. The molecular formula is C14H23NO. The van der Waals surface area contributed by atoms with Crippen molar-refractivity contribution in [2.24, 2.45) is 11.3 Å². The molecule has 0 aliphatic heterocycles. The van der Waals surface area contributed by atoms with Gasteiger partial charge in [0.1, 0.15) is 0 Å². The van der Waals surface area contributed by atoms with Gasteiger partial charge in [-0.15, -0.1) is 0 Å². The molecule has 1 fully saturated rings. The van der Waals surface area contributed by atoms with E-state index in [0.717, 1.165) is 19.0 Å². The molecule has 1 heterocycles. The van der Waals surface area contributed by atoms with E-state index in [9.17, 15) is 0 Å². The average molecular weight is 221 g/mol. The van der Waals surface area contributed by atoms with E-state index in [4.69, 9.17) is 4.42 Å². The summed E-state index contributed by atoms with van der Waals surface area (Å²) in [6, 6.07) is 2.88. The maximum absolute atomic E-state index is 5.15. The first-order valence-electron chi connectivity index (χ1n) is 6.30. The van der Waals surface area contributed by atoms with Crippen LogP contribution in [0.25, 0.3) is 0 Å². The van der Waals surface area contributed by atoms with Crippen LogP contribution in [0.3, 0.4) is 0 Å². The number of furan rings is 1. The van der Waals surface area contributed by atoms with Crippen molar-refractivity contribution >= 4 is 0 Å². The summed E-state index contributed by atoms with van der Waals surface area (Å²) in [6.45, 7) is 8.10. The van der Waals surface area contributed by atoms with Crippen LogP contribution in [0.4, 0.5) is 0 Å². The molecule has 16 heavy (non-hydrogen) atoms. The van der Waals surface area contributed by atoms with Crippen molar-refractivity contribution < 1.29 is 4.42 Å². The minimum absolute atomic E-state index is 0.346. The van der Waals surface area contributed by atoms with Gasteiger partial charge in [0.15, 0.2) is 0 Å². The van der Waals surface area contributed by atoms with Crippen LogP contribution in [0.5, 0.6) is 0 Å². The summed E-state index contributed by atoms with van der Waals surface area (Å²) in [5.41, 5.74) is 1.66. The molecule has 0 spiro atoms. The van der Waals surface area contributed by atoms with Crippen LogP contribution in [0.15, 0.2) is 23.0 Å². The number of hydrogen-bond donors (Lipinski definition) is 1. The fourth-order valence-corrected chi connectivity index (χ4v) is 1.97. The van der Waals surface area contributed by atoms with Crippen LogP contribution in [-0.4, -0.2) is 12.6 Å². The second kappa shape index (κ2) is 4.62. The van der Waals surface area contributed by atoms with Gasteiger partial charge in [-0.2, -0.15) is 0 Å². The SMILES string of the molecule is CC(C)(C)C(CNC1CC1)Cc1ccoc1. The van der Waals surface area contributed by atoms with Gasteiger partial charge in [0, 0.05) is 6.04 Å². The molecule has 2 nitrogen and oxygen atoms in total. The van der Waals surface area contributed by atoms with Crippen molar-refractivity contribution in [3.05, 3.63) is 24.2 Å². The highest BCUT2D eigenvalue weighted by atomic mass is 16.3. The summed E-state index contributed by atoms with van der Waals surface area (Å²) in [4.78, 5) is 0. The Labute approximate surface area is 98.4 Å². The molecule has 0 radical (unpaired) electrons. The summed E-state index contributed by atoms with van der Waals surface area (Å²) < 4.78 is 5.15. The quantitative estimate of drug-likeness (QED) is 0.825. The predicted octanol–water partition coefficient (Wildman–Crippen LogP) is 3.24. The van der Waals surface area contributed by atoms with Crippen molar-refractivity contribution in [1.29, 1.82) is 0 Å². The van der Waals surface area contributed by atoms with Gasteiger partial charge in [-0.25, -0.2) is 0 Å². The first-order chi connectivity index (χ1) is 7.55. The maximum Gasteiger partial charge on any atom is 0.0934 e. The van der Waals surface area contributed by atoms with Crippen LogP contribution in [0.1, 0.15) is 39.2 Å². The van der Waals surface area contributed by atoms with E-state index in [-0.39, 0.29) is 0 Å². The number of nitrogens with one attached hydrogen (secondary N) is 1. The van der Waals surface area contributed by atoms with Crippen molar-refractivity contribution in [3.8, 4) is 0 Å². The smallest absolute Gasteiger partial charge is 0.0934 e. The van der Waals surface area contributed by atoms with E-state index >= 15 is 0 Å². The Bertz CT molecular complexity index is 306. The monoisotopic (exact) mass is 221 g/mol. The Morgan fingerprint density at radius 3 is 2.69 bits per heavy atom. The van der Waals surface area contributed by atoms with Crippen molar-refractivity contribution in [3.63, 3.8) is 0 Å². The van der Waals surface area contributed by atoms with Gasteiger partial charge in [0.05, 0.1) is 12.5 Å². The predicted molar refractivity (Wildman–Crippen MR) is 66.4 cm³/mol. The zero-order valence-corrected chi connectivity index (χ0v) is 10.6. The van der Waals surface area contributed by atoms with Gasteiger partial charge in [0.25, 0.3) is 0 Å². The first kappa shape index (κ1) is 11.7. The summed E-state index contributed by atoms with van der Waals surface area (Å²) in [5, 5.41) is 3.65. The summed E-state index contributed by atoms with van der Waals surface area (Å²) in [5.74, 6) is 0.672. The lowest BCUT2D eigenvalue weighted by atomic mass is 9.77. The molecule has 90 valence electrons. The molecule has 1 unspecified atom stereocenters. The second-order valence-corrected chi connectivity index (χ2v) is 6.08. The van der Waals surface area contributed by atoms with E-state index in [0.29, 0.717) is 11.3 Å². The topological polar surface area (TPSA) is 25.2 Å². The molecule has 1 N–H and O–H groups in total. The normalized spacial score (nSPS) is 18.7. The second-order valence-electron chi connectivity index (χ2n) is 6.08. The molecule has 1 aromatic heterocycles. The Morgan fingerprint density at radius 1 is 1.44 bits per heavy atom. The fraction of sp³-hybridized carbons (Fsp3) is 0.714. The molecule has 1 aromatic rings. The molecule has 0 amide bonds. The molecule has 1 saturated carbocycles. The maximum atomic E-state index is 5.15. The summed E-state index contributed by atoms with van der Waals surface area (Å²) in [7, 11) is 0. The van der Waals surface area contributed by atoms with Crippen LogP contribution in [-0.2, 0) is 6.42 Å². The van der Waals surface area contributed by atoms with Crippen molar-refractivity contribution in [2.75, 3.05) is 6.54 Å². The van der Waals surface area contributed by atoms with Gasteiger partial charge in [0.2, 0.25) is 0 Å². The standard InChI is InChI=1S/C14H23NO/c1-14(2,3)12(9-15-13-4-5-13)8-11-6-7-16-10-11/h6-7,10,12-13,15H,4-5,8-9H2,1-3H3. The zero-order valence-electron chi connectivity index (χ0n) is 10.6. The van der Waals surface area contributed by atoms with Gasteiger partial charge < -0.3 is 9.73 Å². The molecule has 1 aliphatic rings. The van der Waals surface area contributed by atoms with E-state index < -0.39 is 0 Å². The molecule has 2 heteroatoms.